The number of amides is 1. The van der Waals surface area contributed by atoms with Crippen LogP contribution in [-0.2, 0) is 22.9 Å². The molecule has 0 radical (unpaired) electrons. The Morgan fingerprint density at radius 1 is 1.09 bits per heavy atom. The summed E-state index contributed by atoms with van der Waals surface area (Å²) in [7, 11) is 2.13. The molecule has 7 heteroatoms. The summed E-state index contributed by atoms with van der Waals surface area (Å²) in [5, 5.41) is 0. The van der Waals surface area contributed by atoms with Gasteiger partial charge in [0, 0.05) is 30.5 Å². The van der Waals surface area contributed by atoms with Gasteiger partial charge in [-0.3, -0.25) is 9.69 Å². The van der Waals surface area contributed by atoms with Crippen molar-refractivity contribution >= 4 is 11.6 Å². The van der Waals surface area contributed by atoms with Crippen LogP contribution in [0.25, 0.3) is 0 Å². The first kappa shape index (κ1) is 22.8. The Labute approximate surface area is 187 Å². The fourth-order valence-corrected chi connectivity index (χ4v) is 5.06. The number of fused-ring (bicyclic) bond motifs is 1. The molecular formula is C25H30F3N3O. The smallest absolute Gasteiger partial charge is 0.309 e. The Morgan fingerprint density at radius 2 is 1.75 bits per heavy atom. The highest BCUT2D eigenvalue weighted by atomic mass is 19.4. The summed E-state index contributed by atoms with van der Waals surface area (Å²) in [4.78, 5) is 21.3. The van der Waals surface area contributed by atoms with Crippen LogP contribution in [0.15, 0.2) is 42.5 Å². The van der Waals surface area contributed by atoms with Gasteiger partial charge in [0.2, 0.25) is 5.91 Å². The zero-order valence-corrected chi connectivity index (χ0v) is 18.8. The van der Waals surface area contributed by atoms with Crippen molar-refractivity contribution in [3.63, 3.8) is 0 Å². The molecule has 0 unspecified atom stereocenters. The highest BCUT2D eigenvalue weighted by Gasteiger charge is 2.44. The van der Waals surface area contributed by atoms with Gasteiger partial charge in [-0.2, -0.15) is 13.2 Å². The molecule has 32 heavy (non-hydrogen) atoms. The first-order valence-corrected chi connectivity index (χ1v) is 11.2. The predicted octanol–water partition coefficient (Wildman–Crippen LogP) is 5.42. The van der Waals surface area contributed by atoms with Gasteiger partial charge in [0.05, 0.1) is 11.4 Å². The molecule has 1 aromatic carbocycles. The van der Waals surface area contributed by atoms with E-state index < -0.39 is 17.3 Å². The summed E-state index contributed by atoms with van der Waals surface area (Å²) in [5.74, 6) is -0.0806. The molecule has 1 aromatic heterocycles. The molecular weight excluding hydrogens is 415 g/mol. The molecule has 1 aliphatic carbocycles. The number of anilines is 1. The second-order valence-corrected chi connectivity index (χ2v) is 9.78. The number of pyridine rings is 1. The largest absolute Gasteiger partial charge is 0.433 e. The van der Waals surface area contributed by atoms with Crippen molar-refractivity contribution in [1.29, 1.82) is 0 Å². The van der Waals surface area contributed by atoms with Crippen LogP contribution >= 0.6 is 0 Å². The summed E-state index contributed by atoms with van der Waals surface area (Å²) in [6.07, 6.45) is -1.03. The van der Waals surface area contributed by atoms with Crippen LogP contribution in [0.1, 0.15) is 56.5 Å². The molecule has 0 N–H and O–H groups in total. The van der Waals surface area contributed by atoms with Crippen LogP contribution in [0, 0.1) is 5.92 Å². The van der Waals surface area contributed by atoms with Crippen LogP contribution in [0.3, 0.4) is 0 Å². The average Bonchev–Trinajstić information content (AvgIpc) is 3.04. The van der Waals surface area contributed by atoms with E-state index in [4.69, 9.17) is 0 Å². The SMILES string of the molecule is CN(Cc1ccccc1)[C@H]1CC[C@H](C(=O)N2CC(C)(C)c3nc(C(F)(F)F)ccc32)CC1. The summed E-state index contributed by atoms with van der Waals surface area (Å²) < 4.78 is 39.4. The van der Waals surface area contributed by atoms with Crippen LogP contribution < -0.4 is 4.90 Å². The topological polar surface area (TPSA) is 36.4 Å². The van der Waals surface area contributed by atoms with E-state index in [-0.39, 0.29) is 11.8 Å². The van der Waals surface area contributed by atoms with E-state index in [1.54, 1.807) is 4.90 Å². The minimum atomic E-state index is -4.49. The molecule has 0 atom stereocenters. The quantitative estimate of drug-likeness (QED) is 0.631. The molecule has 172 valence electrons. The molecule has 2 aliphatic rings. The number of halogens is 3. The lowest BCUT2D eigenvalue weighted by molar-refractivity contribution is -0.141. The predicted molar refractivity (Wildman–Crippen MR) is 118 cm³/mol. The highest BCUT2D eigenvalue weighted by Crippen LogP contribution is 2.43. The van der Waals surface area contributed by atoms with Gasteiger partial charge in [-0.1, -0.05) is 44.2 Å². The Bertz CT molecular complexity index is 966. The Morgan fingerprint density at radius 3 is 2.38 bits per heavy atom. The van der Waals surface area contributed by atoms with Gasteiger partial charge >= 0.3 is 6.18 Å². The van der Waals surface area contributed by atoms with Gasteiger partial charge in [0.1, 0.15) is 5.69 Å². The van der Waals surface area contributed by atoms with Crippen molar-refractivity contribution in [3.05, 3.63) is 59.4 Å². The lowest BCUT2D eigenvalue weighted by Gasteiger charge is -2.35. The number of carbonyl (C=O) groups excluding carboxylic acids is 1. The third kappa shape index (κ3) is 4.53. The number of carbonyl (C=O) groups is 1. The molecule has 1 aliphatic heterocycles. The van der Waals surface area contributed by atoms with Crippen molar-refractivity contribution < 1.29 is 18.0 Å². The Balaban J connectivity index is 1.42. The maximum atomic E-state index is 13.4. The number of aromatic nitrogens is 1. The van der Waals surface area contributed by atoms with Gasteiger partial charge in [-0.15, -0.1) is 0 Å². The number of nitrogens with zero attached hydrogens (tertiary/aromatic N) is 3. The molecule has 1 saturated carbocycles. The Hall–Kier alpha value is -2.41. The van der Waals surface area contributed by atoms with Crippen molar-refractivity contribution in [3.8, 4) is 0 Å². The number of alkyl halides is 3. The normalized spacial score (nSPS) is 22.8. The lowest BCUT2D eigenvalue weighted by Crippen LogP contribution is -2.42. The average molecular weight is 446 g/mol. The summed E-state index contributed by atoms with van der Waals surface area (Å²) in [5.41, 5.74) is 0.642. The maximum Gasteiger partial charge on any atom is 0.433 e. The molecule has 4 nitrogen and oxygen atoms in total. The van der Waals surface area contributed by atoms with E-state index in [0.29, 0.717) is 24.0 Å². The van der Waals surface area contributed by atoms with E-state index in [0.717, 1.165) is 38.3 Å². The monoisotopic (exact) mass is 445 g/mol. The van der Waals surface area contributed by atoms with E-state index in [1.165, 1.54) is 11.6 Å². The fraction of sp³-hybridized carbons (Fsp3) is 0.520. The molecule has 2 aromatic rings. The Kier molecular flexibility index (Phi) is 6.05. The van der Waals surface area contributed by atoms with Crippen molar-refractivity contribution in [2.75, 3.05) is 18.5 Å². The number of hydrogen-bond donors (Lipinski definition) is 0. The van der Waals surface area contributed by atoms with E-state index in [1.807, 2.05) is 32.0 Å². The second kappa shape index (κ2) is 8.50. The highest BCUT2D eigenvalue weighted by molar-refractivity contribution is 5.97. The molecule has 0 bridgehead atoms. The molecule has 0 saturated heterocycles. The zero-order chi connectivity index (χ0) is 23.1. The minimum absolute atomic E-state index is 0.0162. The molecule has 1 amide bonds. The molecule has 2 heterocycles. The number of rotatable bonds is 4. The molecule has 4 rings (SSSR count). The summed E-state index contributed by atoms with van der Waals surface area (Å²) >= 11 is 0. The maximum absolute atomic E-state index is 13.4. The lowest BCUT2D eigenvalue weighted by atomic mass is 9.84. The first-order chi connectivity index (χ1) is 15.1. The fourth-order valence-electron chi connectivity index (χ4n) is 5.06. The van der Waals surface area contributed by atoms with Gasteiger partial charge in [0.15, 0.2) is 0 Å². The number of hydrogen-bond acceptors (Lipinski definition) is 3. The third-order valence-corrected chi connectivity index (χ3v) is 6.86. The standard InChI is InChI=1S/C25H30F3N3O/c1-24(2)16-31(20-13-14-21(25(26,27)28)29-22(20)24)23(32)18-9-11-19(12-10-18)30(3)15-17-7-5-4-6-8-17/h4-8,13-14,18-19H,9-12,15-16H2,1-3H3/t18-,19-. The van der Waals surface area contributed by atoms with E-state index in [9.17, 15) is 18.0 Å². The first-order valence-electron chi connectivity index (χ1n) is 11.2. The second-order valence-electron chi connectivity index (χ2n) is 9.78. The summed E-state index contributed by atoms with van der Waals surface area (Å²) in [6.45, 7) is 4.94. The third-order valence-electron chi connectivity index (χ3n) is 6.86. The van der Waals surface area contributed by atoms with E-state index >= 15 is 0 Å². The summed E-state index contributed by atoms with van der Waals surface area (Å²) in [6, 6.07) is 13.2. The zero-order valence-electron chi connectivity index (χ0n) is 18.8. The van der Waals surface area contributed by atoms with Crippen LogP contribution in [0.5, 0.6) is 0 Å². The van der Waals surface area contributed by atoms with Crippen molar-refractivity contribution in [1.82, 2.24) is 9.88 Å². The molecule has 0 spiro atoms. The van der Waals surface area contributed by atoms with Crippen LogP contribution in [0.4, 0.5) is 18.9 Å². The van der Waals surface area contributed by atoms with Gasteiger partial charge < -0.3 is 4.90 Å². The number of benzene rings is 1. The van der Waals surface area contributed by atoms with Crippen molar-refractivity contribution in [2.45, 2.75) is 63.7 Å². The van der Waals surface area contributed by atoms with E-state index in [2.05, 4.69) is 29.1 Å². The van der Waals surface area contributed by atoms with Gasteiger partial charge in [-0.25, -0.2) is 4.98 Å². The van der Waals surface area contributed by atoms with Crippen LogP contribution in [0.2, 0.25) is 0 Å². The molecule has 1 fully saturated rings. The minimum Gasteiger partial charge on any atom is -0.309 e. The van der Waals surface area contributed by atoms with Gasteiger partial charge in [-0.05, 0) is 50.4 Å². The van der Waals surface area contributed by atoms with Gasteiger partial charge in [0.25, 0.3) is 0 Å². The van der Waals surface area contributed by atoms with Crippen LogP contribution in [-0.4, -0.2) is 35.4 Å². The van der Waals surface area contributed by atoms with Crippen molar-refractivity contribution in [2.24, 2.45) is 5.92 Å².